The van der Waals surface area contributed by atoms with E-state index in [1.54, 1.807) is 0 Å². The monoisotopic (exact) mass is 306 g/mol. The molecule has 0 bridgehead atoms. The van der Waals surface area contributed by atoms with Crippen LogP contribution in [-0.2, 0) is 19.6 Å². The van der Waals surface area contributed by atoms with E-state index in [1.807, 2.05) is 6.92 Å². The van der Waals surface area contributed by atoms with Gasteiger partial charge in [0.2, 0.25) is 10.0 Å². The smallest absolute Gasteiger partial charge is 0.321 e. The summed E-state index contributed by atoms with van der Waals surface area (Å²) in [4.78, 5) is 14.9. The van der Waals surface area contributed by atoms with Crippen molar-refractivity contribution in [1.82, 2.24) is 9.29 Å². The number of hydrogen-bond donors (Lipinski definition) is 0. The van der Waals surface area contributed by atoms with Crippen molar-refractivity contribution in [2.75, 3.05) is 20.2 Å². The van der Waals surface area contributed by atoms with Gasteiger partial charge in [-0.25, -0.2) is 13.4 Å². The predicted octanol–water partition coefficient (Wildman–Crippen LogP) is 1.31. The molecule has 0 aliphatic heterocycles. The van der Waals surface area contributed by atoms with Gasteiger partial charge in [0, 0.05) is 12.7 Å². The van der Waals surface area contributed by atoms with E-state index in [0.717, 1.165) is 4.31 Å². The van der Waals surface area contributed by atoms with E-state index in [-0.39, 0.29) is 23.1 Å². The Bertz CT molecular complexity index is 547. The quantitative estimate of drug-likeness (QED) is 0.585. The molecular formula is C11H15ClN2O4S. The summed E-state index contributed by atoms with van der Waals surface area (Å²) in [5, 5.41) is -0.117. The number of carbonyl (C=O) groups excluding carboxylic acids is 1. The maximum absolute atomic E-state index is 12.4. The number of sulfonamides is 1. The highest BCUT2D eigenvalue weighted by Gasteiger charge is 2.28. The molecule has 6 nitrogen and oxygen atoms in total. The van der Waals surface area contributed by atoms with Gasteiger partial charge in [0.1, 0.15) is 16.6 Å². The lowest BCUT2D eigenvalue weighted by Gasteiger charge is -2.20. The van der Waals surface area contributed by atoms with E-state index in [1.165, 1.54) is 25.4 Å². The van der Waals surface area contributed by atoms with Crippen molar-refractivity contribution in [2.45, 2.75) is 18.2 Å². The van der Waals surface area contributed by atoms with Gasteiger partial charge in [0.15, 0.2) is 0 Å². The van der Waals surface area contributed by atoms with Crippen LogP contribution in [0, 0.1) is 0 Å². The first-order chi connectivity index (χ1) is 8.93. The van der Waals surface area contributed by atoms with Crippen LogP contribution in [0.15, 0.2) is 23.2 Å². The zero-order valence-electron chi connectivity index (χ0n) is 10.7. The van der Waals surface area contributed by atoms with E-state index in [0.29, 0.717) is 6.42 Å². The van der Waals surface area contributed by atoms with Crippen molar-refractivity contribution >= 4 is 27.6 Å². The Labute approximate surface area is 117 Å². The first-order valence-electron chi connectivity index (χ1n) is 5.61. The molecule has 0 N–H and O–H groups in total. The molecule has 0 saturated heterocycles. The lowest BCUT2D eigenvalue weighted by Crippen LogP contribution is -2.37. The Morgan fingerprint density at radius 3 is 2.74 bits per heavy atom. The highest BCUT2D eigenvalue weighted by molar-refractivity contribution is 7.89. The maximum Gasteiger partial charge on any atom is 0.321 e. The molecule has 0 unspecified atom stereocenters. The third-order valence-electron chi connectivity index (χ3n) is 2.35. The Kier molecular flexibility index (Phi) is 5.71. The maximum atomic E-state index is 12.4. The van der Waals surface area contributed by atoms with Gasteiger partial charge in [0.25, 0.3) is 0 Å². The summed E-state index contributed by atoms with van der Waals surface area (Å²) >= 11 is 5.79. The number of esters is 1. The van der Waals surface area contributed by atoms with Crippen LogP contribution in [0.5, 0.6) is 0 Å². The number of halogens is 1. The van der Waals surface area contributed by atoms with Gasteiger partial charge in [-0.2, -0.15) is 4.31 Å². The number of hydrogen-bond acceptors (Lipinski definition) is 5. The Morgan fingerprint density at radius 2 is 2.21 bits per heavy atom. The van der Waals surface area contributed by atoms with Crippen molar-refractivity contribution in [3.05, 3.63) is 23.5 Å². The largest absolute Gasteiger partial charge is 0.468 e. The number of rotatable bonds is 6. The number of carbonyl (C=O) groups is 1. The highest BCUT2D eigenvalue weighted by Crippen LogP contribution is 2.22. The molecule has 0 aromatic carbocycles. The van der Waals surface area contributed by atoms with Gasteiger partial charge in [-0.3, -0.25) is 4.79 Å². The second-order valence-electron chi connectivity index (χ2n) is 3.71. The molecule has 19 heavy (non-hydrogen) atoms. The molecule has 1 heterocycles. The molecule has 1 aromatic heterocycles. The minimum atomic E-state index is -3.86. The number of methoxy groups -OCH3 is 1. The molecule has 8 heteroatoms. The van der Waals surface area contributed by atoms with Crippen LogP contribution in [0.1, 0.15) is 13.3 Å². The zero-order chi connectivity index (χ0) is 14.5. The topological polar surface area (TPSA) is 76.6 Å². The van der Waals surface area contributed by atoms with Crippen molar-refractivity contribution in [3.63, 3.8) is 0 Å². The summed E-state index contributed by atoms with van der Waals surface area (Å²) in [5.74, 6) is -0.628. The summed E-state index contributed by atoms with van der Waals surface area (Å²) < 4.78 is 30.3. The fraction of sp³-hybridized carbons (Fsp3) is 0.455. The van der Waals surface area contributed by atoms with Crippen LogP contribution in [0.4, 0.5) is 0 Å². The van der Waals surface area contributed by atoms with Crippen LogP contribution in [-0.4, -0.2) is 43.9 Å². The van der Waals surface area contributed by atoms with Gasteiger partial charge in [-0.15, -0.1) is 0 Å². The van der Waals surface area contributed by atoms with Gasteiger partial charge in [-0.05, 0) is 18.6 Å². The fourth-order valence-corrected chi connectivity index (χ4v) is 3.35. The molecule has 1 rings (SSSR count). The van der Waals surface area contributed by atoms with E-state index < -0.39 is 16.0 Å². The van der Waals surface area contributed by atoms with Crippen LogP contribution in [0.3, 0.4) is 0 Å². The molecule has 0 aliphatic carbocycles. The van der Waals surface area contributed by atoms with Gasteiger partial charge >= 0.3 is 5.97 Å². The molecule has 106 valence electrons. The molecule has 1 aromatic rings. The molecule has 0 spiro atoms. The highest BCUT2D eigenvalue weighted by atomic mass is 35.5. The summed E-state index contributed by atoms with van der Waals surface area (Å²) in [5.41, 5.74) is 0. The standard InChI is InChI=1S/C11H15ClN2O4S/c1-3-7-14(8-10(15)18-2)19(16,17)9-5-4-6-13-11(9)12/h4-6H,3,7-8H2,1-2H3. The van der Waals surface area contributed by atoms with E-state index in [2.05, 4.69) is 9.72 Å². The molecule has 0 saturated carbocycles. The predicted molar refractivity (Wildman–Crippen MR) is 70.3 cm³/mol. The molecule has 0 fully saturated rings. The van der Waals surface area contributed by atoms with Crippen LogP contribution >= 0.6 is 11.6 Å². The van der Waals surface area contributed by atoms with Crippen molar-refractivity contribution in [2.24, 2.45) is 0 Å². The van der Waals surface area contributed by atoms with Crippen molar-refractivity contribution in [1.29, 1.82) is 0 Å². The Morgan fingerprint density at radius 1 is 1.53 bits per heavy atom. The molecule has 0 atom stereocenters. The minimum absolute atomic E-state index is 0.117. The number of ether oxygens (including phenoxy) is 1. The molecule has 0 radical (unpaired) electrons. The van der Waals surface area contributed by atoms with Crippen LogP contribution in [0.2, 0.25) is 5.15 Å². The van der Waals surface area contributed by atoms with Crippen LogP contribution in [0.25, 0.3) is 0 Å². The zero-order valence-corrected chi connectivity index (χ0v) is 12.2. The summed E-state index contributed by atoms with van der Waals surface area (Å²) in [6, 6.07) is 2.83. The lowest BCUT2D eigenvalue weighted by atomic mass is 10.5. The summed E-state index contributed by atoms with van der Waals surface area (Å²) in [6.45, 7) is 1.66. The third-order valence-corrected chi connectivity index (χ3v) is 4.64. The number of aromatic nitrogens is 1. The fourth-order valence-electron chi connectivity index (χ4n) is 1.44. The van der Waals surface area contributed by atoms with E-state index in [4.69, 9.17) is 11.6 Å². The Hall–Kier alpha value is -1.18. The normalized spacial score (nSPS) is 11.6. The second-order valence-corrected chi connectivity index (χ2v) is 5.97. The lowest BCUT2D eigenvalue weighted by molar-refractivity contribution is -0.140. The summed E-state index contributed by atoms with van der Waals surface area (Å²) in [7, 11) is -2.66. The molecular weight excluding hydrogens is 292 g/mol. The number of pyridine rings is 1. The SMILES string of the molecule is CCCN(CC(=O)OC)S(=O)(=O)c1cccnc1Cl. The average Bonchev–Trinajstić information content (AvgIpc) is 2.38. The molecule has 0 amide bonds. The Balaban J connectivity index is 3.13. The van der Waals surface area contributed by atoms with Crippen molar-refractivity contribution in [3.8, 4) is 0 Å². The summed E-state index contributed by atoms with van der Waals surface area (Å²) in [6.07, 6.45) is 1.96. The van der Waals surface area contributed by atoms with Gasteiger partial charge < -0.3 is 4.74 Å². The second kappa shape index (κ2) is 6.83. The minimum Gasteiger partial charge on any atom is -0.468 e. The van der Waals surface area contributed by atoms with Gasteiger partial charge in [-0.1, -0.05) is 18.5 Å². The molecule has 0 aliphatic rings. The third kappa shape index (κ3) is 3.89. The van der Waals surface area contributed by atoms with Crippen molar-refractivity contribution < 1.29 is 17.9 Å². The van der Waals surface area contributed by atoms with E-state index in [9.17, 15) is 13.2 Å². The number of nitrogens with zero attached hydrogens (tertiary/aromatic N) is 2. The first kappa shape index (κ1) is 15.9. The van der Waals surface area contributed by atoms with Crippen LogP contribution < -0.4 is 0 Å². The van der Waals surface area contributed by atoms with E-state index >= 15 is 0 Å². The first-order valence-corrected chi connectivity index (χ1v) is 7.42. The average molecular weight is 307 g/mol. The van der Waals surface area contributed by atoms with Gasteiger partial charge in [0.05, 0.1) is 7.11 Å².